The summed E-state index contributed by atoms with van der Waals surface area (Å²) in [4.78, 5) is 28.3. The Labute approximate surface area is 151 Å². The van der Waals surface area contributed by atoms with Gasteiger partial charge in [-0.3, -0.25) is 19.4 Å². The smallest absolute Gasteiger partial charge is 0.237 e. The lowest BCUT2D eigenvalue weighted by Crippen LogP contribution is -2.42. The van der Waals surface area contributed by atoms with E-state index < -0.39 is 0 Å². The summed E-state index contributed by atoms with van der Waals surface area (Å²) in [5.41, 5.74) is -0.383. The lowest BCUT2D eigenvalue weighted by molar-refractivity contribution is -0.143. The number of nitrogens with zero attached hydrogens (tertiary/aromatic N) is 2. The summed E-state index contributed by atoms with van der Waals surface area (Å²) >= 11 is 3.39. The van der Waals surface area contributed by atoms with Crippen molar-refractivity contribution in [1.29, 1.82) is 0 Å². The maximum absolute atomic E-state index is 12.6. The van der Waals surface area contributed by atoms with Gasteiger partial charge in [-0.2, -0.15) is 0 Å². The van der Waals surface area contributed by atoms with Gasteiger partial charge in [-0.15, -0.1) is 0 Å². The summed E-state index contributed by atoms with van der Waals surface area (Å²) in [5.74, 6) is 0.818. The van der Waals surface area contributed by atoms with E-state index >= 15 is 0 Å². The molecule has 0 bridgehead atoms. The monoisotopic (exact) mass is 394 g/mol. The van der Waals surface area contributed by atoms with Crippen LogP contribution in [0.1, 0.15) is 32.1 Å². The Kier molecular flexibility index (Phi) is 5.25. The van der Waals surface area contributed by atoms with Crippen LogP contribution in [0.3, 0.4) is 0 Å². The van der Waals surface area contributed by atoms with E-state index in [1.54, 1.807) is 0 Å². The molecule has 5 nitrogen and oxygen atoms in total. The van der Waals surface area contributed by atoms with Crippen molar-refractivity contribution in [2.45, 2.75) is 32.1 Å². The highest BCUT2D eigenvalue weighted by Gasteiger charge is 2.52. The molecule has 0 atom stereocenters. The van der Waals surface area contributed by atoms with Gasteiger partial charge < -0.3 is 4.74 Å². The van der Waals surface area contributed by atoms with Gasteiger partial charge >= 0.3 is 0 Å². The highest BCUT2D eigenvalue weighted by atomic mass is 79.9. The van der Waals surface area contributed by atoms with Gasteiger partial charge in [0.15, 0.2) is 0 Å². The Morgan fingerprint density at radius 3 is 2.54 bits per heavy atom. The molecule has 1 aromatic carbocycles. The molecule has 0 N–H and O–H groups in total. The van der Waals surface area contributed by atoms with E-state index in [1.807, 2.05) is 36.2 Å². The van der Waals surface area contributed by atoms with Gasteiger partial charge in [0.05, 0.1) is 12.1 Å². The number of hydrogen-bond donors (Lipinski definition) is 0. The second kappa shape index (κ2) is 7.23. The quantitative estimate of drug-likeness (QED) is 0.695. The average Bonchev–Trinajstić information content (AvgIpc) is 3.11. The minimum Gasteiger partial charge on any atom is -0.492 e. The molecule has 24 heavy (non-hydrogen) atoms. The molecule has 1 aromatic rings. The van der Waals surface area contributed by atoms with Crippen LogP contribution in [0.4, 0.5) is 0 Å². The van der Waals surface area contributed by atoms with E-state index in [9.17, 15) is 9.59 Å². The molecule has 2 aliphatic rings. The molecule has 1 saturated carbocycles. The Bertz CT molecular complexity index is 611. The zero-order chi connectivity index (χ0) is 17.2. The highest BCUT2D eigenvalue weighted by Crippen LogP contribution is 2.46. The molecule has 1 heterocycles. The van der Waals surface area contributed by atoms with Crippen LogP contribution < -0.4 is 4.74 Å². The fraction of sp³-hybridized carbons (Fsp3) is 0.556. The van der Waals surface area contributed by atoms with Crippen LogP contribution in [0.5, 0.6) is 5.75 Å². The van der Waals surface area contributed by atoms with Gasteiger partial charge in [0.1, 0.15) is 12.4 Å². The lowest BCUT2D eigenvalue weighted by Gasteiger charge is -2.25. The van der Waals surface area contributed by atoms with Crippen LogP contribution in [-0.4, -0.2) is 48.5 Å². The number of halogens is 1. The third-order valence-corrected chi connectivity index (χ3v) is 5.52. The van der Waals surface area contributed by atoms with Gasteiger partial charge in [-0.25, -0.2) is 0 Å². The molecule has 0 aromatic heterocycles. The molecule has 130 valence electrons. The number of imide groups is 1. The summed E-state index contributed by atoms with van der Waals surface area (Å²) in [5, 5.41) is 0. The second-order valence-corrected chi connectivity index (χ2v) is 7.73. The number of carbonyl (C=O) groups is 2. The normalized spacial score (nSPS) is 19.7. The minimum atomic E-state index is -0.383. The number of likely N-dealkylation sites (tertiary alicyclic amines) is 1. The van der Waals surface area contributed by atoms with Crippen LogP contribution in [0.25, 0.3) is 0 Å². The zero-order valence-corrected chi connectivity index (χ0v) is 15.5. The first-order valence-electron chi connectivity index (χ1n) is 8.42. The van der Waals surface area contributed by atoms with Gasteiger partial charge in [-0.05, 0) is 44.2 Å². The summed E-state index contributed by atoms with van der Waals surface area (Å²) in [6, 6.07) is 7.67. The molecule has 6 heteroatoms. The van der Waals surface area contributed by atoms with Crippen LogP contribution in [0, 0.1) is 5.41 Å². The minimum absolute atomic E-state index is 0.0254. The van der Waals surface area contributed by atoms with Crippen molar-refractivity contribution in [3.05, 3.63) is 28.7 Å². The van der Waals surface area contributed by atoms with Gasteiger partial charge in [0.2, 0.25) is 11.8 Å². The summed E-state index contributed by atoms with van der Waals surface area (Å²) in [6.07, 6.45) is 4.25. The number of likely N-dealkylation sites (N-methyl/N-ethyl adjacent to an activating group) is 1. The van der Waals surface area contributed by atoms with Crippen LogP contribution in [0.15, 0.2) is 28.7 Å². The molecule has 1 spiro atoms. The Balaban J connectivity index is 1.48. The summed E-state index contributed by atoms with van der Waals surface area (Å²) in [6.45, 7) is 1.52. The highest BCUT2D eigenvalue weighted by molar-refractivity contribution is 9.10. The Morgan fingerprint density at radius 1 is 1.21 bits per heavy atom. The fourth-order valence-electron chi connectivity index (χ4n) is 3.61. The number of benzene rings is 1. The number of hydrogen-bond acceptors (Lipinski definition) is 4. The zero-order valence-electron chi connectivity index (χ0n) is 14.0. The number of rotatable bonds is 6. The maximum atomic E-state index is 12.6. The Hall–Kier alpha value is -1.40. The predicted molar refractivity (Wildman–Crippen MR) is 94.5 cm³/mol. The first-order chi connectivity index (χ1) is 11.5. The maximum Gasteiger partial charge on any atom is 0.237 e. The van der Waals surface area contributed by atoms with Crippen molar-refractivity contribution in [3.8, 4) is 5.75 Å². The third kappa shape index (κ3) is 3.64. The molecule has 3 rings (SSSR count). The van der Waals surface area contributed by atoms with Gasteiger partial charge in [-0.1, -0.05) is 28.8 Å². The molecular formula is C18H23BrN2O3. The molecule has 1 saturated heterocycles. The van der Waals surface area contributed by atoms with Gasteiger partial charge in [0, 0.05) is 17.4 Å². The largest absolute Gasteiger partial charge is 0.492 e. The standard InChI is InChI=1S/C18H23BrN2O3/c1-20(10-11-24-15-6-4-14(19)5-7-15)13-21-16(22)12-18(17(21)23)8-2-3-9-18/h4-7H,2-3,8-13H2,1H3. The summed E-state index contributed by atoms with van der Waals surface area (Å²) in [7, 11) is 1.91. The fourth-order valence-corrected chi connectivity index (χ4v) is 3.87. The average molecular weight is 395 g/mol. The van der Waals surface area contributed by atoms with Crippen molar-refractivity contribution < 1.29 is 14.3 Å². The molecule has 2 amide bonds. The first kappa shape index (κ1) is 17.4. The van der Waals surface area contributed by atoms with E-state index in [1.165, 1.54) is 4.90 Å². The lowest BCUT2D eigenvalue weighted by atomic mass is 9.85. The molecule has 1 aliphatic heterocycles. The van der Waals surface area contributed by atoms with Gasteiger partial charge in [0.25, 0.3) is 0 Å². The van der Waals surface area contributed by atoms with Crippen LogP contribution >= 0.6 is 15.9 Å². The molecule has 0 radical (unpaired) electrons. The third-order valence-electron chi connectivity index (χ3n) is 4.99. The molecule has 2 fully saturated rings. The number of amides is 2. The van der Waals surface area contributed by atoms with Crippen LogP contribution in [0.2, 0.25) is 0 Å². The topological polar surface area (TPSA) is 49.9 Å². The van der Waals surface area contributed by atoms with E-state index in [2.05, 4.69) is 15.9 Å². The number of carbonyl (C=O) groups excluding carboxylic acids is 2. The number of ether oxygens (including phenoxy) is 1. The van der Waals surface area contributed by atoms with E-state index in [4.69, 9.17) is 4.74 Å². The first-order valence-corrected chi connectivity index (χ1v) is 9.21. The molecule has 1 aliphatic carbocycles. The van der Waals surface area contributed by atoms with Crippen molar-refractivity contribution >= 4 is 27.7 Å². The molecular weight excluding hydrogens is 372 g/mol. The van der Waals surface area contributed by atoms with Crippen LogP contribution in [-0.2, 0) is 9.59 Å². The summed E-state index contributed by atoms with van der Waals surface area (Å²) < 4.78 is 6.71. The molecule has 0 unspecified atom stereocenters. The SMILES string of the molecule is CN(CCOc1ccc(Br)cc1)CN1C(=O)CC2(CCCC2)C1=O. The second-order valence-electron chi connectivity index (χ2n) is 6.81. The van der Waals surface area contributed by atoms with Crippen molar-refractivity contribution in [3.63, 3.8) is 0 Å². The van der Waals surface area contributed by atoms with Crippen molar-refractivity contribution in [1.82, 2.24) is 9.80 Å². The van der Waals surface area contributed by atoms with E-state index in [0.29, 0.717) is 26.2 Å². The van der Waals surface area contributed by atoms with Crippen molar-refractivity contribution in [2.75, 3.05) is 26.9 Å². The Morgan fingerprint density at radius 2 is 1.88 bits per heavy atom. The van der Waals surface area contributed by atoms with E-state index in [-0.39, 0.29) is 17.2 Å². The predicted octanol–water partition coefficient (Wildman–Crippen LogP) is 3.04. The van der Waals surface area contributed by atoms with E-state index in [0.717, 1.165) is 35.9 Å². The van der Waals surface area contributed by atoms with Crippen molar-refractivity contribution in [2.24, 2.45) is 5.41 Å².